The van der Waals surface area contributed by atoms with E-state index in [0.29, 0.717) is 12.5 Å². The Hall–Kier alpha value is -0.130. The fraction of sp³-hybridized carbons (Fsp3) is 1.00. The highest BCUT2D eigenvalue weighted by Gasteiger charge is 2.39. The minimum Gasteiger partial charge on any atom is -0.216 e. The highest BCUT2D eigenvalue weighted by molar-refractivity contribution is 7.86. The molecule has 4 nitrogen and oxygen atoms in total. The van der Waals surface area contributed by atoms with Crippen LogP contribution in [-0.2, 0) is 10.2 Å². The minimum absolute atomic E-state index is 0.212. The molecular weight excluding hydrogens is 188 g/mol. The number of hydrogen-bond acceptors (Lipinski definition) is 2. The number of nitrogens with zero attached hydrogens (tertiary/aromatic N) is 1. The molecule has 2 unspecified atom stereocenters. The van der Waals surface area contributed by atoms with Crippen molar-refractivity contribution in [1.82, 2.24) is 4.31 Å². The van der Waals surface area contributed by atoms with Crippen LogP contribution in [0.5, 0.6) is 0 Å². The van der Waals surface area contributed by atoms with Gasteiger partial charge in [0.25, 0.3) is 10.2 Å². The van der Waals surface area contributed by atoms with Gasteiger partial charge in [-0.25, -0.2) is 5.14 Å². The highest BCUT2D eigenvalue weighted by atomic mass is 32.2. The summed E-state index contributed by atoms with van der Waals surface area (Å²) in [6, 6.07) is 0.212. The Morgan fingerprint density at radius 2 is 1.85 bits per heavy atom. The van der Waals surface area contributed by atoms with E-state index in [-0.39, 0.29) is 6.04 Å². The van der Waals surface area contributed by atoms with Crippen molar-refractivity contribution in [3.8, 4) is 0 Å². The Bertz CT molecular complexity index is 289. The topological polar surface area (TPSA) is 63.4 Å². The van der Waals surface area contributed by atoms with Crippen LogP contribution in [0.1, 0.15) is 32.1 Å². The second kappa shape index (κ2) is 3.22. The number of rotatable bonds is 1. The maximum Gasteiger partial charge on any atom is 0.277 e. The zero-order valence-corrected chi connectivity index (χ0v) is 8.46. The van der Waals surface area contributed by atoms with Crippen molar-refractivity contribution in [2.75, 3.05) is 6.54 Å². The van der Waals surface area contributed by atoms with E-state index < -0.39 is 10.2 Å². The lowest BCUT2D eigenvalue weighted by atomic mass is 9.94. The van der Waals surface area contributed by atoms with Crippen LogP contribution in [0.15, 0.2) is 0 Å². The normalized spacial score (nSPS) is 36.1. The van der Waals surface area contributed by atoms with Crippen molar-refractivity contribution in [3.05, 3.63) is 0 Å². The van der Waals surface area contributed by atoms with Gasteiger partial charge in [-0.15, -0.1) is 0 Å². The van der Waals surface area contributed by atoms with Crippen molar-refractivity contribution in [2.24, 2.45) is 11.1 Å². The number of piperidine rings is 1. The summed E-state index contributed by atoms with van der Waals surface area (Å²) in [5.41, 5.74) is 0. The molecule has 1 saturated heterocycles. The molecular formula is C8H16N2O2S. The number of fused-ring (bicyclic) bond motifs is 1. The molecule has 1 heterocycles. The lowest BCUT2D eigenvalue weighted by molar-refractivity contribution is 0.202. The van der Waals surface area contributed by atoms with Crippen molar-refractivity contribution in [2.45, 2.75) is 38.1 Å². The largest absolute Gasteiger partial charge is 0.277 e. The summed E-state index contributed by atoms with van der Waals surface area (Å²) in [4.78, 5) is 0. The summed E-state index contributed by atoms with van der Waals surface area (Å²) < 4.78 is 24.0. The molecule has 0 bridgehead atoms. The van der Waals surface area contributed by atoms with E-state index in [9.17, 15) is 8.42 Å². The molecule has 1 aliphatic heterocycles. The van der Waals surface area contributed by atoms with Gasteiger partial charge in [0.15, 0.2) is 0 Å². The summed E-state index contributed by atoms with van der Waals surface area (Å²) in [6.07, 6.45) is 5.48. The number of nitrogens with two attached hydrogens (primary N) is 1. The van der Waals surface area contributed by atoms with Crippen molar-refractivity contribution in [3.63, 3.8) is 0 Å². The van der Waals surface area contributed by atoms with Gasteiger partial charge in [-0.1, -0.05) is 6.42 Å². The van der Waals surface area contributed by atoms with E-state index in [1.165, 1.54) is 17.1 Å². The van der Waals surface area contributed by atoms with Gasteiger partial charge >= 0.3 is 0 Å². The molecule has 76 valence electrons. The zero-order chi connectivity index (χ0) is 9.47. The molecule has 0 aromatic rings. The lowest BCUT2D eigenvalue weighted by Gasteiger charge is -2.35. The molecule has 2 N–H and O–H groups in total. The van der Waals surface area contributed by atoms with Crippen LogP contribution in [0.25, 0.3) is 0 Å². The van der Waals surface area contributed by atoms with E-state index >= 15 is 0 Å². The quantitative estimate of drug-likeness (QED) is 0.674. The standard InChI is InChI=1S/C8H16N2O2S/c9-13(11,12)10-6-2-4-7-3-1-5-8(7)10/h7-8H,1-6H2,(H2,9,11,12). The average molecular weight is 204 g/mol. The molecule has 1 aliphatic carbocycles. The summed E-state index contributed by atoms with van der Waals surface area (Å²) in [5.74, 6) is 0.576. The van der Waals surface area contributed by atoms with Gasteiger partial charge in [0.2, 0.25) is 0 Å². The summed E-state index contributed by atoms with van der Waals surface area (Å²) >= 11 is 0. The first-order valence-electron chi connectivity index (χ1n) is 4.88. The predicted molar refractivity (Wildman–Crippen MR) is 50.2 cm³/mol. The van der Waals surface area contributed by atoms with Crippen LogP contribution in [-0.4, -0.2) is 25.3 Å². The fourth-order valence-corrected chi connectivity index (χ4v) is 3.76. The van der Waals surface area contributed by atoms with Gasteiger partial charge < -0.3 is 0 Å². The van der Waals surface area contributed by atoms with Gasteiger partial charge in [0, 0.05) is 12.6 Å². The van der Waals surface area contributed by atoms with Crippen LogP contribution in [0.4, 0.5) is 0 Å². The second-order valence-electron chi connectivity index (χ2n) is 4.06. The van der Waals surface area contributed by atoms with Crippen LogP contribution < -0.4 is 5.14 Å². The lowest BCUT2D eigenvalue weighted by Crippen LogP contribution is -2.48. The first kappa shape index (κ1) is 9.43. The molecule has 0 amide bonds. The Morgan fingerprint density at radius 3 is 2.54 bits per heavy atom. The molecule has 5 heteroatoms. The Labute approximate surface area is 79.3 Å². The van der Waals surface area contributed by atoms with Crippen molar-refractivity contribution in [1.29, 1.82) is 0 Å². The summed E-state index contributed by atoms with van der Waals surface area (Å²) in [5, 5.41) is 5.16. The second-order valence-corrected chi connectivity index (χ2v) is 5.56. The first-order valence-corrected chi connectivity index (χ1v) is 6.39. The highest BCUT2D eigenvalue weighted by Crippen LogP contribution is 2.37. The Kier molecular flexibility index (Phi) is 2.33. The van der Waals surface area contributed by atoms with Crippen LogP contribution in [0.2, 0.25) is 0 Å². The maximum absolute atomic E-state index is 11.2. The Balaban J connectivity index is 2.19. The minimum atomic E-state index is -3.45. The molecule has 0 radical (unpaired) electrons. The third-order valence-corrected chi connectivity index (χ3v) is 4.38. The predicted octanol–water partition coefficient (Wildman–Crippen LogP) is 0.454. The van der Waals surface area contributed by atoms with Gasteiger partial charge in [0.1, 0.15) is 0 Å². The van der Waals surface area contributed by atoms with E-state index in [4.69, 9.17) is 5.14 Å². The summed E-state index contributed by atoms with van der Waals surface area (Å²) in [6.45, 7) is 0.625. The molecule has 0 aromatic carbocycles. The number of hydrogen-bond donors (Lipinski definition) is 1. The molecule has 1 saturated carbocycles. The van der Waals surface area contributed by atoms with Gasteiger partial charge in [-0.05, 0) is 31.6 Å². The van der Waals surface area contributed by atoms with Gasteiger partial charge in [-0.3, -0.25) is 0 Å². The van der Waals surface area contributed by atoms with Crippen LogP contribution >= 0.6 is 0 Å². The fourth-order valence-electron chi connectivity index (χ4n) is 2.72. The van der Waals surface area contributed by atoms with Gasteiger partial charge in [0.05, 0.1) is 0 Å². The Morgan fingerprint density at radius 1 is 1.15 bits per heavy atom. The SMILES string of the molecule is NS(=O)(=O)N1CCCC2CCCC21. The molecule has 2 atom stereocenters. The van der Waals surface area contributed by atoms with Gasteiger partial charge in [-0.2, -0.15) is 12.7 Å². The molecule has 2 rings (SSSR count). The van der Waals surface area contributed by atoms with Crippen molar-refractivity contribution < 1.29 is 8.42 Å². The van der Waals surface area contributed by atoms with E-state index in [0.717, 1.165) is 19.3 Å². The smallest absolute Gasteiger partial charge is 0.216 e. The van der Waals surface area contributed by atoms with E-state index in [1.807, 2.05) is 0 Å². The maximum atomic E-state index is 11.2. The van der Waals surface area contributed by atoms with Crippen molar-refractivity contribution >= 4 is 10.2 Å². The first-order chi connectivity index (χ1) is 6.09. The monoisotopic (exact) mass is 204 g/mol. The summed E-state index contributed by atoms with van der Waals surface area (Å²) in [7, 11) is -3.45. The third kappa shape index (κ3) is 1.73. The molecule has 0 aromatic heterocycles. The zero-order valence-electron chi connectivity index (χ0n) is 7.65. The average Bonchev–Trinajstić information content (AvgIpc) is 2.48. The molecule has 2 aliphatic rings. The van der Waals surface area contributed by atoms with E-state index in [2.05, 4.69) is 0 Å². The molecule has 13 heavy (non-hydrogen) atoms. The van der Waals surface area contributed by atoms with Crippen LogP contribution in [0, 0.1) is 5.92 Å². The van der Waals surface area contributed by atoms with Crippen LogP contribution in [0.3, 0.4) is 0 Å². The third-order valence-electron chi connectivity index (χ3n) is 3.27. The molecule has 0 spiro atoms. The van der Waals surface area contributed by atoms with E-state index in [1.54, 1.807) is 0 Å². The molecule has 2 fully saturated rings.